The average Bonchev–Trinajstić information content (AvgIpc) is 2.92. The second-order valence-electron chi connectivity index (χ2n) is 4.77. The fourth-order valence-corrected chi connectivity index (χ4v) is 2.19. The van der Waals surface area contributed by atoms with E-state index in [1.165, 1.54) is 12.1 Å². The quantitative estimate of drug-likeness (QED) is 0.875. The summed E-state index contributed by atoms with van der Waals surface area (Å²) in [7, 11) is 0. The van der Waals surface area contributed by atoms with E-state index in [2.05, 4.69) is 5.32 Å². The van der Waals surface area contributed by atoms with Gasteiger partial charge in [-0.1, -0.05) is 26.0 Å². The van der Waals surface area contributed by atoms with Crippen LogP contribution < -0.4 is 5.32 Å². The molecular weight excluding hydrogens is 279 g/mol. The van der Waals surface area contributed by atoms with Crippen molar-refractivity contribution in [2.45, 2.75) is 32.5 Å². The Kier molecular flexibility index (Phi) is 4.73. The minimum atomic E-state index is -4.31. The zero-order chi connectivity index (χ0) is 15.5. The highest BCUT2D eigenvalue weighted by Crippen LogP contribution is 2.31. The van der Waals surface area contributed by atoms with Crippen molar-refractivity contribution in [3.05, 3.63) is 59.0 Å². The van der Waals surface area contributed by atoms with Crippen LogP contribution in [0.5, 0.6) is 0 Å². The number of hydrogen-bond acceptors (Lipinski definition) is 2. The number of furan rings is 1. The zero-order valence-corrected chi connectivity index (χ0v) is 12.0. The maximum absolute atomic E-state index is 12.6. The molecule has 0 aliphatic heterocycles. The fraction of sp³-hybridized carbons (Fsp3) is 0.375. The molecule has 0 saturated carbocycles. The van der Waals surface area contributed by atoms with Gasteiger partial charge in [-0.3, -0.25) is 0 Å². The van der Waals surface area contributed by atoms with Gasteiger partial charge in [0.1, 0.15) is 11.5 Å². The highest BCUT2D eigenvalue weighted by Gasteiger charge is 2.30. The molecule has 2 aromatic rings. The first-order valence-corrected chi connectivity index (χ1v) is 6.94. The Bertz CT molecular complexity index is 572. The predicted octanol–water partition coefficient (Wildman–Crippen LogP) is 4.56. The third-order valence-electron chi connectivity index (χ3n) is 3.30. The summed E-state index contributed by atoms with van der Waals surface area (Å²) in [4.78, 5) is 0. The van der Waals surface area contributed by atoms with Crippen LogP contribution in [-0.4, -0.2) is 6.54 Å². The molecule has 2 nitrogen and oxygen atoms in total. The first kappa shape index (κ1) is 15.6. The molecule has 1 heterocycles. The molecule has 1 aromatic carbocycles. The molecule has 0 fully saturated rings. The van der Waals surface area contributed by atoms with Gasteiger partial charge in [-0.05, 0) is 36.4 Å². The lowest BCUT2D eigenvalue weighted by atomic mass is 10.0. The minimum absolute atomic E-state index is 0.238. The first-order chi connectivity index (χ1) is 9.95. The smallest absolute Gasteiger partial charge is 0.416 e. The van der Waals surface area contributed by atoms with Gasteiger partial charge in [-0.15, -0.1) is 0 Å². The number of aryl methyl sites for hydroxylation is 1. The molecule has 0 aliphatic carbocycles. The summed E-state index contributed by atoms with van der Waals surface area (Å²) in [5, 5.41) is 3.24. The van der Waals surface area contributed by atoms with Gasteiger partial charge >= 0.3 is 6.18 Å². The van der Waals surface area contributed by atoms with E-state index < -0.39 is 11.7 Å². The van der Waals surface area contributed by atoms with Gasteiger partial charge < -0.3 is 9.73 Å². The van der Waals surface area contributed by atoms with Crippen LogP contribution >= 0.6 is 0 Å². The minimum Gasteiger partial charge on any atom is -0.464 e. The van der Waals surface area contributed by atoms with Crippen molar-refractivity contribution in [1.82, 2.24) is 5.32 Å². The van der Waals surface area contributed by atoms with Gasteiger partial charge in [0.2, 0.25) is 0 Å². The van der Waals surface area contributed by atoms with E-state index in [1.54, 1.807) is 0 Å². The van der Waals surface area contributed by atoms with Crippen molar-refractivity contribution < 1.29 is 17.6 Å². The molecule has 1 N–H and O–H groups in total. The van der Waals surface area contributed by atoms with E-state index in [0.717, 1.165) is 29.9 Å². The first-order valence-electron chi connectivity index (χ1n) is 6.94. The van der Waals surface area contributed by atoms with Gasteiger partial charge in [0, 0.05) is 6.42 Å². The molecule has 21 heavy (non-hydrogen) atoms. The van der Waals surface area contributed by atoms with Gasteiger partial charge in [0.25, 0.3) is 0 Å². The van der Waals surface area contributed by atoms with E-state index in [9.17, 15) is 13.2 Å². The summed E-state index contributed by atoms with van der Waals surface area (Å²) in [5.41, 5.74) is 0.108. The summed E-state index contributed by atoms with van der Waals surface area (Å²) in [5.74, 6) is 1.58. The van der Waals surface area contributed by atoms with Crippen molar-refractivity contribution in [3.63, 3.8) is 0 Å². The summed E-state index contributed by atoms with van der Waals surface area (Å²) in [6, 6.07) is 8.70. The van der Waals surface area contributed by atoms with E-state index in [0.29, 0.717) is 12.3 Å². The van der Waals surface area contributed by atoms with Crippen LogP contribution in [0.15, 0.2) is 40.8 Å². The lowest BCUT2D eigenvalue weighted by molar-refractivity contribution is -0.137. The number of rotatable bonds is 5. The van der Waals surface area contributed by atoms with Crippen molar-refractivity contribution in [2.24, 2.45) is 0 Å². The third kappa shape index (κ3) is 3.67. The van der Waals surface area contributed by atoms with E-state index >= 15 is 0 Å². The van der Waals surface area contributed by atoms with Crippen LogP contribution in [-0.2, 0) is 12.6 Å². The number of halogens is 3. The zero-order valence-electron chi connectivity index (χ0n) is 12.0. The Morgan fingerprint density at radius 1 is 1.05 bits per heavy atom. The monoisotopic (exact) mass is 297 g/mol. The number of alkyl halides is 3. The Hall–Kier alpha value is -1.75. The highest BCUT2D eigenvalue weighted by atomic mass is 19.4. The molecule has 1 unspecified atom stereocenters. The van der Waals surface area contributed by atoms with Crippen LogP contribution in [0.1, 0.15) is 42.5 Å². The molecule has 0 spiro atoms. The molecule has 1 atom stereocenters. The van der Waals surface area contributed by atoms with Crippen LogP contribution in [0.4, 0.5) is 13.2 Å². The van der Waals surface area contributed by atoms with E-state index in [4.69, 9.17) is 4.42 Å². The van der Waals surface area contributed by atoms with Crippen molar-refractivity contribution in [2.75, 3.05) is 6.54 Å². The number of benzene rings is 1. The van der Waals surface area contributed by atoms with Crippen molar-refractivity contribution >= 4 is 0 Å². The molecule has 0 saturated heterocycles. The molecule has 0 amide bonds. The Morgan fingerprint density at radius 3 is 2.19 bits per heavy atom. The van der Waals surface area contributed by atoms with Crippen LogP contribution in [0, 0.1) is 0 Å². The largest absolute Gasteiger partial charge is 0.464 e. The van der Waals surface area contributed by atoms with Gasteiger partial charge in [0.15, 0.2) is 0 Å². The summed E-state index contributed by atoms with van der Waals surface area (Å²) < 4.78 is 43.5. The van der Waals surface area contributed by atoms with E-state index in [1.807, 2.05) is 26.0 Å². The summed E-state index contributed by atoms with van der Waals surface area (Å²) in [6.07, 6.45) is -3.53. The number of hydrogen-bond donors (Lipinski definition) is 1. The van der Waals surface area contributed by atoms with E-state index in [-0.39, 0.29) is 6.04 Å². The van der Waals surface area contributed by atoms with Crippen LogP contribution in [0.3, 0.4) is 0 Å². The molecule has 0 radical (unpaired) electrons. The van der Waals surface area contributed by atoms with Crippen molar-refractivity contribution in [1.29, 1.82) is 0 Å². The second kappa shape index (κ2) is 6.35. The molecular formula is C16H18F3NO. The Labute approximate surface area is 122 Å². The SMILES string of the molecule is CCNC(c1ccc(C(F)(F)F)cc1)c1ccc(CC)o1. The second-order valence-corrected chi connectivity index (χ2v) is 4.77. The number of nitrogens with one attached hydrogen (secondary N) is 1. The van der Waals surface area contributed by atoms with Gasteiger partial charge in [-0.2, -0.15) is 13.2 Å². The molecule has 114 valence electrons. The maximum Gasteiger partial charge on any atom is 0.416 e. The molecule has 2 rings (SSSR count). The van der Waals surface area contributed by atoms with Gasteiger partial charge in [-0.25, -0.2) is 0 Å². The van der Waals surface area contributed by atoms with Crippen LogP contribution in [0.2, 0.25) is 0 Å². The van der Waals surface area contributed by atoms with Crippen molar-refractivity contribution in [3.8, 4) is 0 Å². The molecule has 1 aromatic heterocycles. The lowest BCUT2D eigenvalue weighted by Crippen LogP contribution is -2.21. The molecule has 5 heteroatoms. The maximum atomic E-state index is 12.6. The molecule has 0 aliphatic rings. The fourth-order valence-electron chi connectivity index (χ4n) is 2.19. The predicted molar refractivity (Wildman–Crippen MR) is 75.0 cm³/mol. The summed E-state index contributed by atoms with van der Waals surface area (Å²) in [6.45, 7) is 4.62. The highest BCUT2D eigenvalue weighted by molar-refractivity contribution is 5.31. The average molecular weight is 297 g/mol. The summed E-state index contributed by atoms with van der Waals surface area (Å²) >= 11 is 0. The van der Waals surface area contributed by atoms with Gasteiger partial charge in [0.05, 0.1) is 11.6 Å². The molecule has 0 bridgehead atoms. The standard InChI is InChI=1S/C16H18F3NO/c1-3-13-9-10-14(21-13)15(20-4-2)11-5-7-12(8-6-11)16(17,18)19/h5-10,15,20H,3-4H2,1-2H3. The topological polar surface area (TPSA) is 25.2 Å². The Morgan fingerprint density at radius 2 is 1.71 bits per heavy atom. The third-order valence-corrected chi connectivity index (χ3v) is 3.30. The normalized spacial score (nSPS) is 13.4. The van der Waals surface area contributed by atoms with Crippen LogP contribution in [0.25, 0.3) is 0 Å². The Balaban J connectivity index is 2.29. The lowest BCUT2D eigenvalue weighted by Gasteiger charge is -2.17.